The van der Waals surface area contributed by atoms with E-state index < -0.39 is 11.7 Å². The van der Waals surface area contributed by atoms with Gasteiger partial charge in [0, 0.05) is 50.7 Å². The van der Waals surface area contributed by atoms with Gasteiger partial charge < -0.3 is 14.4 Å². The van der Waals surface area contributed by atoms with Gasteiger partial charge in [0.25, 0.3) is 0 Å². The fourth-order valence-electron chi connectivity index (χ4n) is 4.88. The van der Waals surface area contributed by atoms with Gasteiger partial charge in [-0.15, -0.1) is 0 Å². The summed E-state index contributed by atoms with van der Waals surface area (Å²) in [7, 11) is 0. The highest BCUT2D eigenvalue weighted by Gasteiger charge is 2.32. The van der Waals surface area contributed by atoms with Gasteiger partial charge in [0.05, 0.1) is 16.6 Å². The van der Waals surface area contributed by atoms with Crippen LogP contribution < -0.4 is 4.90 Å². The van der Waals surface area contributed by atoms with Gasteiger partial charge in [-0.05, 0) is 43.2 Å². The van der Waals surface area contributed by atoms with Gasteiger partial charge in [-0.25, -0.2) is 4.98 Å². The number of aryl methyl sites for hydroxylation is 1. The number of carbonyl (C=O) groups excluding carboxylic acids is 1. The number of nitrogens with zero attached hydrogens (tertiary/aromatic N) is 4. The SMILES string of the molecule is O=C(CCC1CCn2c1nc1ccccc12)N1CCN(c2cccc(C(F)(F)F)c2)CC1. The Morgan fingerprint density at radius 1 is 1.00 bits per heavy atom. The summed E-state index contributed by atoms with van der Waals surface area (Å²) in [5.74, 6) is 1.48. The Bertz CT molecular complexity index is 1130. The summed E-state index contributed by atoms with van der Waals surface area (Å²) >= 11 is 0. The summed E-state index contributed by atoms with van der Waals surface area (Å²) in [4.78, 5) is 21.3. The van der Waals surface area contributed by atoms with Crippen molar-refractivity contribution < 1.29 is 18.0 Å². The Morgan fingerprint density at radius 3 is 2.56 bits per heavy atom. The van der Waals surface area contributed by atoms with Crippen LogP contribution in [0.25, 0.3) is 11.0 Å². The fraction of sp³-hybridized carbons (Fsp3) is 0.417. The molecule has 1 unspecified atom stereocenters. The normalized spacial score (nSPS) is 18.9. The first-order valence-electron chi connectivity index (χ1n) is 11.1. The maximum atomic E-state index is 13.0. The van der Waals surface area contributed by atoms with Crippen molar-refractivity contribution in [3.63, 3.8) is 0 Å². The zero-order valence-electron chi connectivity index (χ0n) is 17.7. The number of benzene rings is 2. The number of rotatable bonds is 4. The number of halogens is 3. The molecular weight excluding hydrogens is 417 g/mol. The van der Waals surface area contributed by atoms with Crippen LogP contribution in [0.3, 0.4) is 0 Å². The molecule has 1 atom stereocenters. The topological polar surface area (TPSA) is 41.4 Å². The molecule has 5 nitrogen and oxygen atoms in total. The smallest absolute Gasteiger partial charge is 0.368 e. The van der Waals surface area contributed by atoms with Crippen molar-refractivity contribution in [2.75, 3.05) is 31.1 Å². The lowest BCUT2D eigenvalue weighted by Crippen LogP contribution is -2.48. The van der Waals surface area contributed by atoms with E-state index in [0.29, 0.717) is 38.3 Å². The number of hydrogen-bond donors (Lipinski definition) is 0. The van der Waals surface area contributed by atoms with Crippen molar-refractivity contribution in [1.29, 1.82) is 0 Å². The molecule has 0 saturated carbocycles. The molecule has 1 aromatic heterocycles. The lowest BCUT2D eigenvalue weighted by Gasteiger charge is -2.36. The number of hydrogen-bond acceptors (Lipinski definition) is 3. The number of para-hydroxylation sites is 2. The maximum Gasteiger partial charge on any atom is 0.416 e. The number of amides is 1. The van der Waals surface area contributed by atoms with E-state index in [1.165, 1.54) is 12.1 Å². The molecule has 2 aromatic carbocycles. The van der Waals surface area contributed by atoms with Crippen LogP contribution in [0.1, 0.15) is 36.6 Å². The van der Waals surface area contributed by atoms with Crippen LogP contribution in [0.4, 0.5) is 18.9 Å². The van der Waals surface area contributed by atoms with Crippen molar-refractivity contribution in [1.82, 2.24) is 14.5 Å². The second kappa shape index (κ2) is 8.15. The number of anilines is 1. The van der Waals surface area contributed by atoms with Crippen molar-refractivity contribution in [2.24, 2.45) is 0 Å². The van der Waals surface area contributed by atoms with Gasteiger partial charge in [-0.2, -0.15) is 13.2 Å². The standard InChI is InChI=1S/C24H25F3N4O/c25-24(26,27)18-4-3-5-19(16-18)29-12-14-30(15-13-29)22(32)9-8-17-10-11-31-21-7-2-1-6-20(21)28-23(17)31/h1-7,16-17H,8-15H2. The average Bonchev–Trinajstić information content (AvgIpc) is 3.36. The molecule has 1 fully saturated rings. The second-order valence-electron chi connectivity index (χ2n) is 8.55. The van der Waals surface area contributed by atoms with Crippen LogP contribution in [0, 0.1) is 0 Å². The Hall–Kier alpha value is -3.03. The molecule has 3 heterocycles. The highest BCUT2D eigenvalue weighted by Crippen LogP contribution is 2.35. The van der Waals surface area contributed by atoms with E-state index in [9.17, 15) is 18.0 Å². The summed E-state index contributed by atoms with van der Waals surface area (Å²) in [6.07, 6.45) is -2.11. The van der Waals surface area contributed by atoms with Crippen molar-refractivity contribution in [3.8, 4) is 0 Å². The number of aromatic nitrogens is 2. The molecule has 5 rings (SSSR count). The van der Waals surface area contributed by atoms with Crippen LogP contribution in [0.5, 0.6) is 0 Å². The summed E-state index contributed by atoms with van der Waals surface area (Å²) in [5.41, 5.74) is 2.07. The van der Waals surface area contributed by atoms with Crippen LogP contribution in [-0.4, -0.2) is 46.5 Å². The minimum absolute atomic E-state index is 0.114. The molecule has 1 amide bonds. The highest BCUT2D eigenvalue weighted by atomic mass is 19.4. The Balaban J connectivity index is 1.16. The van der Waals surface area contributed by atoms with Gasteiger partial charge in [0.2, 0.25) is 5.91 Å². The third-order valence-electron chi connectivity index (χ3n) is 6.63. The van der Waals surface area contributed by atoms with Crippen LogP contribution in [0.2, 0.25) is 0 Å². The van der Waals surface area contributed by atoms with Crippen molar-refractivity contribution in [2.45, 2.75) is 37.9 Å². The van der Waals surface area contributed by atoms with E-state index in [0.717, 1.165) is 42.3 Å². The summed E-state index contributed by atoms with van der Waals surface area (Å²) in [6, 6.07) is 13.5. The molecule has 0 bridgehead atoms. The van der Waals surface area contributed by atoms with Crippen LogP contribution >= 0.6 is 0 Å². The summed E-state index contributed by atoms with van der Waals surface area (Å²) in [6.45, 7) is 3.05. The van der Waals surface area contributed by atoms with Crippen molar-refractivity contribution >= 4 is 22.6 Å². The number of piperazine rings is 1. The predicted molar refractivity (Wildman–Crippen MR) is 117 cm³/mol. The molecule has 0 aliphatic carbocycles. The fourth-order valence-corrected chi connectivity index (χ4v) is 4.88. The summed E-state index contributed by atoms with van der Waals surface area (Å²) < 4.78 is 41.2. The van der Waals surface area contributed by atoms with Gasteiger partial charge >= 0.3 is 6.18 Å². The lowest BCUT2D eigenvalue weighted by atomic mass is 10.0. The molecule has 0 radical (unpaired) electrons. The third kappa shape index (κ3) is 3.94. The van der Waals surface area contributed by atoms with Crippen LogP contribution in [-0.2, 0) is 17.5 Å². The first kappa shape index (κ1) is 20.8. The van der Waals surface area contributed by atoms with E-state index in [4.69, 9.17) is 4.98 Å². The third-order valence-corrected chi connectivity index (χ3v) is 6.63. The Kier molecular flexibility index (Phi) is 5.31. The van der Waals surface area contributed by atoms with Gasteiger partial charge in [0.1, 0.15) is 5.82 Å². The molecule has 0 spiro atoms. The minimum atomic E-state index is -4.35. The zero-order chi connectivity index (χ0) is 22.3. The van der Waals surface area contributed by atoms with Gasteiger partial charge in [-0.3, -0.25) is 4.79 Å². The number of alkyl halides is 3. The van der Waals surface area contributed by atoms with E-state index >= 15 is 0 Å². The van der Waals surface area contributed by atoms with Crippen LogP contribution in [0.15, 0.2) is 48.5 Å². The highest BCUT2D eigenvalue weighted by molar-refractivity contribution is 5.77. The lowest BCUT2D eigenvalue weighted by molar-refractivity contribution is -0.137. The van der Waals surface area contributed by atoms with Gasteiger partial charge in [0.15, 0.2) is 0 Å². The average molecular weight is 442 g/mol. The predicted octanol–water partition coefficient (Wildman–Crippen LogP) is 4.67. The number of imidazole rings is 1. The molecular formula is C24H25F3N4O. The second-order valence-corrected chi connectivity index (χ2v) is 8.55. The molecule has 168 valence electrons. The number of carbonyl (C=O) groups is 1. The molecule has 1 saturated heterocycles. The van der Waals surface area contributed by atoms with Gasteiger partial charge in [-0.1, -0.05) is 18.2 Å². The Morgan fingerprint density at radius 2 is 1.78 bits per heavy atom. The molecule has 2 aliphatic rings. The molecule has 2 aliphatic heterocycles. The first-order valence-corrected chi connectivity index (χ1v) is 11.1. The van der Waals surface area contributed by atoms with Crippen molar-refractivity contribution in [3.05, 3.63) is 59.9 Å². The summed E-state index contributed by atoms with van der Waals surface area (Å²) in [5, 5.41) is 0. The number of fused-ring (bicyclic) bond motifs is 3. The molecule has 0 N–H and O–H groups in total. The van der Waals surface area contributed by atoms with E-state index in [1.54, 1.807) is 6.07 Å². The largest absolute Gasteiger partial charge is 0.416 e. The van der Waals surface area contributed by atoms with E-state index in [2.05, 4.69) is 10.6 Å². The minimum Gasteiger partial charge on any atom is -0.368 e. The maximum absolute atomic E-state index is 13.0. The molecule has 32 heavy (non-hydrogen) atoms. The first-order chi connectivity index (χ1) is 15.4. The van der Waals surface area contributed by atoms with E-state index in [1.807, 2.05) is 28.0 Å². The monoisotopic (exact) mass is 442 g/mol. The Labute approximate surface area is 184 Å². The zero-order valence-corrected chi connectivity index (χ0v) is 17.7. The molecule has 3 aromatic rings. The van der Waals surface area contributed by atoms with E-state index in [-0.39, 0.29) is 11.8 Å². The quantitative estimate of drug-likeness (QED) is 0.590. The molecule has 8 heteroatoms.